The van der Waals surface area contributed by atoms with Crippen LogP contribution in [-0.4, -0.2) is 62.6 Å². The second-order valence-electron chi connectivity index (χ2n) is 8.61. The third kappa shape index (κ3) is 8.17. The highest BCUT2D eigenvalue weighted by Crippen LogP contribution is 2.18. The monoisotopic (exact) mass is 437 g/mol. The largest absolute Gasteiger partial charge is 0.492 e. The van der Waals surface area contributed by atoms with Gasteiger partial charge in [-0.25, -0.2) is 4.99 Å². The van der Waals surface area contributed by atoms with E-state index < -0.39 is 0 Å². The van der Waals surface area contributed by atoms with E-state index in [1.807, 2.05) is 18.2 Å². The van der Waals surface area contributed by atoms with Gasteiger partial charge in [0.2, 0.25) is 0 Å². The van der Waals surface area contributed by atoms with Crippen molar-refractivity contribution in [3.05, 3.63) is 65.2 Å². The highest BCUT2D eigenvalue weighted by atomic mass is 16.5. The summed E-state index contributed by atoms with van der Waals surface area (Å²) in [4.78, 5) is 9.43. The average molecular weight is 438 g/mol. The van der Waals surface area contributed by atoms with Gasteiger partial charge in [-0.2, -0.15) is 0 Å². The van der Waals surface area contributed by atoms with Crippen molar-refractivity contribution < 1.29 is 4.74 Å². The van der Waals surface area contributed by atoms with E-state index in [2.05, 4.69) is 71.8 Å². The van der Waals surface area contributed by atoms with Crippen LogP contribution >= 0.6 is 0 Å². The van der Waals surface area contributed by atoms with Crippen LogP contribution in [0.2, 0.25) is 0 Å². The summed E-state index contributed by atoms with van der Waals surface area (Å²) in [5.74, 6) is 1.74. The molecule has 1 heterocycles. The van der Waals surface area contributed by atoms with Crippen LogP contribution in [0, 0.1) is 0 Å². The highest BCUT2D eigenvalue weighted by molar-refractivity contribution is 5.79. The molecule has 32 heavy (non-hydrogen) atoms. The molecule has 0 bridgehead atoms. The lowest BCUT2D eigenvalue weighted by Gasteiger charge is -2.16. The first-order valence-electron chi connectivity index (χ1n) is 11.8. The first-order chi connectivity index (χ1) is 15.6. The third-order valence-corrected chi connectivity index (χ3v) is 5.61. The molecule has 6 heteroatoms. The Labute approximate surface area is 193 Å². The lowest BCUT2D eigenvalue weighted by atomic mass is 10.1. The van der Waals surface area contributed by atoms with Crippen molar-refractivity contribution in [2.45, 2.75) is 39.4 Å². The number of guanidine groups is 1. The average Bonchev–Trinajstić information content (AvgIpc) is 3.30. The molecular formula is C26H39N5O. The highest BCUT2D eigenvalue weighted by Gasteiger charge is 2.11. The number of likely N-dealkylation sites (N-methyl/N-ethyl adjacent to an activating group) is 1. The minimum absolute atomic E-state index is 0.653. The molecule has 0 radical (unpaired) electrons. The lowest BCUT2D eigenvalue weighted by Crippen LogP contribution is -2.36. The Morgan fingerprint density at radius 2 is 1.72 bits per heavy atom. The van der Waals surface area contributed by atoms with Gasteiger partial charge in [-0.15, -0.1) is 0 Å². The number of aliphatic imine (C=N–C) groups is 1. The van der Waals surface area contributed by atoms with Crippen LogP contribution in [0.1, 0.15) is 36.5 Å². The second-order valence-corrected chi connectivity index (χ2v) is 8.61. The summed E-state index contributed by atoms with van der Waals surface area (Å²) >= 11 is 0. The number of benzene rings is 2. The molecule has 0 amide bonds. The van der Waals surface area contributed by atoms with E-state index in [9.17, 15) is 0 Å². The maximum absolute atomic E-state index is 5.98. The van der Waals surface area contributed by atoms with E-state index in [-0.39, 0.29) is 0 Å². The first kappa shape index (κ1) is 24.1. The molecule has 2 aromatic carbocycles. The summed E-state index contributed by atoms with van der Waals surface area (Å²) in [5, 5.41) is 6.79. The van der Waals surface area contributed by atoms with Crippen molar-refractivity contribution in [1.29, 1.82) is 0 Å². The van der Waals surface area contributed by atoms with Gasteiger partial charge in [0.05, 0.1) is 6.54 Å². The molecule has 0 saturated carbocycles. The van der Waals surface area contributed by atoms with Crippen molar-refractivity contribution in [3.63, 3.8) is 0 Å². The van der Waals surface area contributed by atoms with Crippen LogP contribution in [0.3, 0.4) is 0 Å². The standard InChI is InChI=1S/C26H39N5O/c1-4-27-26(29-20-24-9-5-6-10-25(24)32-18-17-30(2)3)28-19-22-11-13-23(14-12-22)21-31-15-7-8-16-31/h5-6,9-14H,4,7-8,15-21H2,1-3H3,(H2,27,28,29). The molecule has 1 saturated heterocycles. The first-order valence-corrected chi connectivity index (χ1v) is 11.8. The number of hydrogen-bond donors (Lipinski definition) is 2. The molecule has 3 rings (SSSR count). The van der Waals surface area contributed by atoms with Crippen molar-refractivity contribution in [2.75, 3.05) is 46.9 Å². The number of para-hydroxylation sites is 1. The number of ether oxygens (including phenoxy) is 1. The molecule has 1 aliphatic rings. The van der Waals surface area contributed by atoms with Gasteiger partial charge in [-0.05, 0) is 64.1 Å². The Kier molecular flexibility index (Phi) is 9.85. The summed E-state index contributed by atoms with van der Waals surface area (Å²) in [7, 11) is 4.11. The smallest absolute Gasteiger partial charge is 0.191 e. The molecule has 1 fully saturated rings. The molecule has 2 N–H and O–H groups in total. The van der Waals surface area contributed by atoms with Crippen LogP contribution < -0.4 is 15.4 Å². The Balaban J connectivity index is 1.54. The van der Waals surface area contributed by atoms with Crippen molar-refractivity contribution in [1.82, 2.24) is 20.4 Å². The van der Waals surface area contributed by atoms with Crippen LogP contribution in [0.25, 0.3) is 0 Å². The SMILES string of the molecule is CCNC(=NCc1ccc(CN2CCCC2)cc1)NCc1ccccc1OCCN(C)C. The van der Waals surface area contributed by atoms with Crippen molar-refractivity contribution in [3.8, 4) is 5.75 Å². The zero-order chi connectivity index (χ0) is 22.6. The van der Waals surface area contributed by atoms with Crippen molar-refractivity contribution in [2.24, 2.45) is 4.99 Å². The van der Waals surface area contributed by atoms with E-state index in [0.29, 0.717) is 19.7 Å². The van der Waals surface area contributed by atoms with Crippen LogP contribution in [0.15, 0.2) is 53.5 Å². The molecule has 0 atom stereocenters. The number of likely N-dealkylation sites (tertiary alicyclic amines) is 1. The fourth-order valence-corrected chi connectivity index (χ4v) is 3.77. The van der Waals surface area contributed by atoms with Gasteiger partial charge in [0.1, 0.15) is 12.4 Å². The predicted molar refractivity (Wildman–Crippen MR) is 133 cm³/mol. The van der Waals surface area contributed by atoms with Crippen LogP contribution in [-0.2, 0) is 19.6 Å². The molecule has 0 unspecified atom stereocenters. The molecule has 0 aromatic heterocycles. The lowest BCUT2D eigenvalue weighted by molar-refractivity contribution is 0.259. The number of rotatable bonds is 11. The minimum Gasteiger partial charge on any atom is -0.492 e. The molecular weight excluding hydrogens is 398 g/mol. The fourth-order valence-electron chi connectivity index (χ4n) is 3.77. The molecule has 6 nitrogen and oxygen atoms in total. The number of hydrogen-bond acceptors (Lipinski definition) is 4. The molecule has 1 aliphatic heterocycles. The van der Waals surface area contributed by atoms with Crippen LogP contribution in [0.4, 0.5) is 0 Å². The van der Waals surface area contributed by atoms with Gasteiger partial charge >= 0.3 is 0 Å². The Bertz CT molecular complexity index is 828. The Morgan fingerprint density at radius 3 is 2.44 bits per heavy atom. The van der Waals surface area contributed by atoms with Crippen LogP contribution in [0.5, 0.6) is 5.75 Å². The van der Waals surface area contributed by atoms with Gasteiger partial charge in [-0.1, -0.05) is 42.5 Å². The van der Waals surface area contributed by atoms with E-state index in [1.165, 1.54) is 37.1 Å². The maximum Gasteiger partial charge on any atom is 0.191 e. The molecule has 0 aliphatic carbocycles. The summed E-state index contributed by atoms with van der Waals surface area (Å²) in [5.41, 5.74) is 3.73. The maximum atomic E-state index is 5.98. The third-order valence-electron chi connectivity index (χ3n) is 5.61. The summed E-state index contributed by atoms with van der Waals surface area (Å²) < 4.78 is 5.98. The summed E-state index contributed by atoms with van der Waals surface area (Å²) in [6.45, 7) is 9.31. The zero-order valence-electron chi connectivity index (χ0n) is 19.9. The minimum atomic E-state index is 0.653. The van der Waals surface area contributed by atoms with E-state index in [1.54, 1.807) is 0 Å². The van der Waals surface area contributed by atoms with Crippen molar-refractivity contribution >= 4 is 5.96 Å². The van der Waals surface area contributed by atoms with Gasteiger partial charge < -0.3 is 20.3 Å². The van der Waals surface area contributed by atoms with Gasteiger partial charge in [0, 0.05) is 31.7 Å². The molecule has 2 aromatic rings. The van der Waals surface area contributed by atoms with E-state index >= 15 is 0 Å². The normalized spacial score (nSPS) is 14.7. The number of nitrogens with one attached hydrogen (secondary N) is 2. The predicted octanol–water partition coefficient (Wildman–Crippen LogP) is 3.48. The quantitative estimate of drug-likeness (QED) is 0.416. The zero-order valence-corrected chi connectivity index (χ0v) is 19.9. The Morgan fingerprint density at radius 1 is 1.00 bits per heavy atom. The van der Waals surface area contributed by atoms with E-state index in [0.717, 1.165) is 36.9 Å². The van der Waals surface area contributed by atoms with E-state index in [4.69, 9.17) is 9.73 Å². The second kappa shape index (κ2) is 13.1. The number of nitrogens with zero attached hydrogens (tertiary/aromatic N) is 3. The fraction of sp³-hybridized carbons (Fsp3) is 0.500. The molecule has 0 spiro atoms. The topological polar surface area (TPSA) is 52.1 Å². The van der Waals surface area contributed by atoms with Gasteiger partial charge in [0.25, 0.3) is 0 Å². The molecule has 174 valence electrons. The van der Waals surface area contributed by atoms with Gasteiger partial charge in [0.15, 0.2) is 5.96 Å². The summed E-state index contributed by atoms with van der Waals surface area (Å²) in [6, 6.07) is 17.1. The Hall–Kier alpha value is -2.57. The van der Waals surface area contributed by atoms with Gasteiger partial charge in [-0.3, -0.25) is 4.90 Å². The summed E-state index contributed by atoms with van der Waals surface area (Å²) in [6.07, 6.45) is 2.67.